The first-order valence-electron chi connectivity index (χ1n) is 6.45. The number of rotatable bonds is 7. The molecule has 1 aromatic carbocycles. The minimum Gasteiger partial charge on any atom is -0.496 e. The van der Waals surface area contributed by atoms with Gasteiger partial charge in [0.15, 0.2) is 5.82 Å². The van der Waals surface area contributed by atoms with Crippen LogP contribution in [0.25, 0.3) is 0 Å². The second-order valence-electron chi connectivity index (χ2n) is 4.38. The number of nitrogens with one attached hydrogen (secondary N) is 2. The molecule has 1 heterocycles. The molecule has 0 aliphatic rings. The minimum atomic E-state index is -0.0553. The van der Waals surface area contributed by atoms with E-state index in [1.54, 1.807) is 21.3 Å². The first-order valence-corrected chi connectivity index (χ1v) is 6.45. The van der Waals surface area contributed by atoms with Crippen LogP contribution in [-0.2, 0) is 6.54 Å². The maximum absolute atomic E-state index is 5.40. The minimum absolute atomic E-state index is 0.0553. The predicted octanol–water partition coefficient (Wildman–Crippen LogP) is 1.08. The zero-order valence-corrected chi connectivity index (χ0v) is 12.5. The van der Waals surface area contributed by atoms with Gasteiger partial charge in [-0.05, 0) is 6.92 Å². The largest absolute Gasteiger partial charge is 0.496 e. The van der Waals surface area contributed by atoms with Crippen molar-refractivity contribution >= 4 is 0 Å². The number of aromatic amines is 1. The molecule has 1 aromatic heterocycles. The van der Waals surface area contributed by atoms with Crippen molar-refractivity contribution in [2.75, 3.05) is 21.3 Å². The standard InChI is InChI=1S/C13H19N5O3/c1-8(13-15-17-18-16-13)14-7-10-11(20-3)5-9(19-2)6-12(10)21-4/h5-6,8,14H,7H2,1-4H3,(H,15,16,17,18). The lowest BCUT2D eigenvalue weighted by Gasteiger charge is -2.17. The highest BCUT2D eigenvalue weighted by Crippen LogP contribution is 2.34. The summed E-state index contributed by atoms with van der Waals surface area (Å²) in [6, 6.07) is 3.58. The third-order valence-corrected chi connectivity index (χ3v) is 3.15. The third-order valence-electron chi connectivity index (χ3n) is 3.15. The number of tetrazole rings is 1. The average molecular weight is 293 g/mol. The summed E-state index contributed by atoms with van der Waals surface area (Å²) in [5.74, 6) is 2.66. The van der Waals surface area contributed by atoms with Crippen LogP contribution >= 0.6 is 0 Å². The van der Waals surface area contributed by atoms with Crippen molar-refractivity contribution < 1.29 is 14.2 Å². The maximum Gasteiger partial charge on any atom is 0.191 e. The molecule has 114 valence electrons. The Morgan fingerprint density at radius 1 is 1.14 bits per heavy atom. The number of hydrogen-bond donors (Lipinski definition) is 2. The van der Waals surface area contributed by atoms with E-state index in [2.05, 4.69) is 25.9 Å². The second-order valence-corrected chi connectivity index (χ2v) is 4.38. The zero-order chi connectivity index (χ0) is 15.2. The summed E-state index contributed by atoms with van der Waals surface area (Å²) >= 11 is 0. The number of nitrogens with zero attached hydrogens (tertiary/aromatic N) is 3. The fraction of sp³-hybridized carbons (Fsp3) is 0.462. The van der Waals surface area contributed by atoms with E-state index in [-0.39, 0.29) is 6.04 Å². The van der Waals surface area contributed by atoms with Gasteiger partial charge >= 0.3 is 0 Å². The fourth-order valence-electron chi connectivity index (χ4n) is 1.95. The van der Waals surface area contributed by atoms with Crippen LogP contribution in [0, 0.1) is 0 Å². The van der Waals surface area contributed by atoms with Gasteiger partial charge in [-0.3, -0.25) is 0 Å². The summed E-state index contributed by atoms with van der Waals surface area (Å²) in [6.07, 6.45) is 0. The summed E-state index contributed by atoms with van der Waals surface area (Å²) in [6.45, 7) is 2.49. The summed E-state index contributed by atoms with van der Waals surface area (Å²) < 4.78 is 16.0. The molecule has 2 aromatic rings. The van der Waals surface area contributed by atoms with Crippen LogP contribution in [0.15, 0.2) is 12.1 Å². The summed E-state index contributed by atoms with van der Waals surface area (Å²) in [5, 5.41) is 17.2. The van der Waals surface area contributed by atoms with Crippen molar-refractivity contribution in [1.29, 1.82) is 0 Å². The van der Waals surface area contributed by atoms with Crippen LogP contribution in [0.4, 0.5) is 0 Å². The molecule has 0 fully saturated rings. The predicted molar refractivity (Wildman–Crippen MR) is 75.5 cm³/mol. The molecule has 0 radical (unpaired) electrons. The molecule has 0 saturated carbocycles. The smallest absolute Gasteiger partial charge is 0.191 e. The Hall–Kier alpha value is -2.35. The molecule has 0 aliphatic carbocycles. The van der Waals surface area contributed by atoms with Gasteiger partial charge in [-0.15, -0.1) is 10.2 Å². The topological polar surface area (TPSA) is 94.2 Å². The number of H-pyrrole nitrogens is 1. The van der Waals surface area contributed by atoms with Crippen LogP contribution in [0.1, 0.15) is 24.4 Å². The fourth-order valence-corrected chi connectivity index (χ4v) is 1.95. The normalized spacial score (nSPS) is 12.0. The molecule has 0 saturated heterocycles. The molecule has 0 aliphatic heterocycles. The first kappa shape index (κ1) is 15.0. The molecule has 8 heteroatoms. The Labute approximate surface area is 122 Å². The Morgan fingerprint density at radius 3 is 2.29 bits per heavy atom. The molecule has 2 N–H and O–H groups in total. The molecule has 0 amide bonds. The van der Waals surface area contributed by atoms with E-state index in [9.17, 15) is 0 Å². The van der Waals surface area contributed by atoms with Crippen LogP contribution in [0.2, 0.25) is 0 Å². The average Bonchev–Trinajstić information content (AvgIpc) is 3.06. The molecule has 1 unspecified atom stereocenters. The van der Waals surface area contributed by atoms with Gasteiger partial charge < -0.3 is 19.5 Å². The Bertz CT molecular complexity index is 548. The highest BCUT2D eigenvalue weighted by atomic mass is 16.5. The number of aromatic nitrogens is 4. The Morgan fingerprint density at radius 2 is 1.81 bits per heavy atom. The van der Waals surface area contributed by atoms with Crippen molar-refractivity contribution in [3.8, 4) is 17.2 Å². The van der Waals surface area contributed by atoms with Crippen LogP contribution in [0.3, 0.4) is 0 Å². The van der Waals surface area contributed by atoms with E-state index in [1.807, 2.05) is 19.1 Å². The van der Waals surface area contributed by atoms with Crippen molar-refractivity contribution in [3.05, 3.63) is 23.5 Å². The Balaban J connectivity index is 2.18. The Kier molecular flexibility index (Phi) is 4.94. The van der Waals surface area contributed by atoms with Crippen molar-refractivity contribution in [2.45, 2.75) is 19.5 Å². The van der Waals surface area contributed by atoms with Gasteiger partial charge in [0.05, 0.1) is 32.9 Å². The number of ether oxygens (including phenoxy) is 3. The quantitative estimate of drug-likeness (QED) is 0.788. The third kappa shape index (κ3) is 3.40. The molecule has 2 rings (SSSR count). The van der Waals surface area contributed by atoms with E-state index in [4.69, 9.17) is 14.2 Å². The van der Waals surface area contributed by atoms with E-state index < -0.39 is 0 Å². The molecule has 21 heavy (non-hydrogen) atoms. The summed E-state index contributed by atoms with van der Waals surface area (Å²) in [4.78, 5) is 0. The molecule has 0 spiro atoms. The molecule has 8 nitrogen and oxygen atoms in total. The van der Waals surface area contributed by atoms with Gasteiger partial charge in [-0.1, -0.05) is 5.21 Å². The number of benzene rings is 1. The van der Waals surface area contributed by atoms with Gasteiger partial charge in [0.1, 0.15) is 17.2 Å². The van der Waals surface area contributed by atoms with Crippen LogP contribution in [0.5, 0.6) is 17.2 Å². The molecular formula is C13H19N5O3. The first-order chi connectivity index (χ1) is 10.2. The van der Waals surface area contributed by atoms with Gasteiger partial charge in [0.2, 0.25) is 0 Å². The van der Waals surface area contributed by atoms with Gasteiger partial charge in [0, 0.05) is 18.7 Å². The van der Waals surface area contributed by atoms with E-state index in [1.165, 1.54) is 0 Å². The van der Waals surface area contributed by atoms with Crippen LogP contribution < -0.4 is 19.5 Å². The summed E-state index contributed by atoms with van der Waals surface area (Å²) in [5.41, 5.74) is 0.899. The van der Waals surface area contributed by atoms with Crippen molar-refractivity contribution in [3.63, 3.8) is 0 Å². The van der Waals surface area contributed by atoms with Crippen LogP contribution in [-0.4, -0.2) is 42.0 Å². The van der Waals surface area contributed by atoms with E-state index in [0.29, 0.717) is 29.6 Å². The second kappa shape index (κ2) is 6.89. The lowest BCUT2D eigenvalue weighted by atomic mass is 10.1. The molecular weight excluding hydrogens is 274 g/mol. The zero-order valence-electron chi connectivity index (χ0n) is 12.5. The maximum atomic E-state index is 5.40. The van der Waals surface area contributed by atoms with Crippen molar-refractivity contribution in [2.24, 2.45) is 0 Å². The van der Waals surface area contributed by atoms with Crippen molar-refractivity contribution in [1.82, 2.24) is 25.9 Å². The SMILES string of the molecule is COc1cc(OC)c(CNC(C)c2nn[nH]n2)c(OC)c1. The van der Waals surface area contributed by atoms with E-state index in [0.717, 1.165) is 5.56 Å². The monoisotopic (exact) mass is 293 g/mol. The lowest BCUT2D eigenvalue weighted by Crippen LogP contribution is -2.20. The van der Waals surface area contributed by atoms with Gasteiger partial charge in [0.25, 0.3) is 0 Å². The lowest BCUT2D eigenvalue weighted by molar-refractivity contribution is 0.364. The highest BCUT2D eigenvalue weighted by Gasteiger charge is 2.16. The number of methoxy groups -OCH3 is 3. The molecule has 1 atom stereocenters. The number of hydrogen-bond acceptors (Lipinski definition) is 7. The molecule has 0 bridgehead atoms. The van der Waals surface area contributed by atoms with E-state index >= 15 is 0 Å². The van der Waals surface area contributed by atoms with Gasteiger partial charge in [-0.2, -0.15) is 5.21 Å². The van der Waals surface area contributed by atoms with Gasteiger partial charge in [-0.25, -0.2) is 0 Å². The highest BCUT2D eigenvalue weighted by molar-refractivity contribution is 5.50. The summed E-state index contributed by atoms with van der Waals surface area (Å²) in [7, 11) is 4.82.